The van der Waals surface area contributed by atoms with Crippen LogP contribution in [0.2, 0.25) is 0 Å². The fourth-order valence-corrected chi connectivity index (χ4v) is 5.88. The van der Waals surface area contributed by atoms with Gasteiger partial charge in [0.05, 0.1) is 18.0 Å². The molecule has 6 N–H and O–H groups in total. The Hall–Kier alpha value is -4.61. The number of aliphatic hydroxyl groups excluding tert-OH is 1. The van der Waals surface area contributed by atoms with E-state index in [-0.39, 0.29) is 51.2 Å². The number of nitrogens with two attached hydrogens (primary N) is 1. The summed E-state index contributed by atoms with van der Waals surface area (Å²) >= 11 is 0.725. The first-order valence-corrected chi connectivity index (χ1v) is 14.7. The number of fused-ring (bicyclic) bond motifs is 1. The number of rotatable bonds is 8. The standard InChI is InChI=1S/C28H29F3N8O5S/c1-3-33-27(44)36-21-7-16(25-35-20(12-45-25)28(29,30)31)18(8-34-21)15-6-17-22(41)19(26(42)43)10-39(13(2)11-40)24(17)37-23(15)38-5-4-14(32)9-38/h6-8,10,12-14,40H,3-5,9,11,32H2,1-2H3,(H,42,43)(H2,33,34,36,44). The molecular formula is C28H29F3N8O5S. The molecule has 2 atom stereocenters. The molecule has 238 valence electrons. The number of alkyl halides is 3. The van der Waals surface area contributed by atoms with E-state index >= 15 is 0 Å². The topological polar surface area (TPSA) is 189 Å². The number of halogens is 3. The van der Waals surface area contributed by atoms with Gasteiger partial charge in [-0.1, -0.05) is 0 Å². The molecular weight excluding hydrogens is 617 g/mol. The average Bonchev–Trinajstić information content (AvgIpc) is 3.66. The van der Waals surface area contributed by atoms with Gasteiger partial charge in [0.15, 0.2) is 5.69 Å². The third-order valence-electron chi connectivity index (χ3n) is 7.28. The van der Waals surface area contributed by atoms with Crippen molar-refractivity contribution < 1.29 is 33.0 Å². The summed E-state index contributed by atoms with van der Waals surface area (Å²) in [4.78, 5) is 52.5. The summed E-state index contributed by atoms with van der Waals surface area (Å²) in [5.74, 6) is -1.14. The smallest absolute Gasteiger partial charge is 0.434 e. The lowest BCUT2D eigenvalue weighted by Gasteiger charge is -2.24. The average molecular weight is 647 g/mol. The number of carbonyl (C=O) groups is 2. The number of anilines is 2. The van der Waals surface area contributed by atoms with E-state index in [0.717, 1.165) is 22.9 Å². The van der Waals surface area contributed by atoms with E-state index in [2.05, 4.69) is 20.6 Å². The van der Waals surface area contributed by atoms with Crippen LogP contribution in [-0.4, -0.2) is 74.0 Å². The Balaban J connectivity index is 1.83. The van der Waals surface area contributed by atoms with E-state index in [1.807, 2.05) is 4.90 Å². The van der Waals surface area contributed by atoms with Gasteiger partial charge >= 0.3 is 18.2 Å². The van der Waals surface area contributed by atoms with Crippen LogP contribution in [0.5, 0.6) is 0 Å². The van der Waals surface area contributed by atoms with Crippen LogP contribution in [0.1, 0.15) is 42.4 Å². The van der Waals surface area contributed by atoms with Gasteiger partial charge in [0.1, 0.15) is 27.9 Å². The molecule has 17 heteroatoms. The minimum Gasteiger partial charge on any atom is -0.477 e. The van der Waals surface area contributed by atoms with Gasteiger partial charge in [-0.2, -0.15) is 13.2 Å². The summed E-state index contributed by atoms with van der Waals surface area (Å²) in [6.45, 7) is 4.10. The summed E-state index contributed by atoms with van der Waals surface area (Å²) in [7, 11) is 0. The Kier molecular flexibility index (Phi) is 8.77. The highest BCUT2D eigenvalue weighted by atomic mass is 32.1. The normalized spacial score (nSPS) is 15.8. The first-order chi connectivity index (χ1) is 21.3. The number of nitrogens with one attached hydrogen (secondary N) is 2. The lowest BCUT2D eigenvalue weighted by atomic mass is 10.00. The number of hydrogen-bond acceptors (Lipinski definition) is 10. The largest absolute Gasteiger partial charge is 0.477 e. The van der Waals surface area contributed by atoms with Gasteiger partial charge in [-0.05, 0) is 32.4 Å². The van der Waals surface area contributed by atoms with Gasteiger partial charge in [0, 0.05) is 60.1 Å². The van der Waals surface area contributed by atoms with Crippen molar-refractivity contribution in [1.82, 2.24) is 24.8 Å². The SMILES string of the molecule is CCNC(=O)Nc1cc(-c2nc(C(F)(F)F)cs2)c(-c2cc3c(=O)c(C(=O)O)cn(C(C)CO)c3nc2N2CCC(N)C2)cn1. The molecule has 13 nitrogen and oxygen atoms in total. The van der Waals surface area contributed by atoms with Crippen LogP contribution in [0.3, 0.4) is 0 Å². The Labute approximate surface area is 257 Å². The highest BCUT2D eigenvalue weighted by Gasteiger charge is 2.35. The molecule has 1 aliphatic heterocycles. The maximum atomic E-state index is 13.6. The number of carboxylic acid groups (broad SMARTS) is 1. The van der Waals surface area contributed by atoms with Crippen molar-refractivity contribution in [2.75, 3.05) is 36.5 Å². The van der Waals surface area contributed by atoms with Crippen LogP contribution in [0.15, 0.2) is 34.7 Å². The van der Waals surface area contributed by atoms with Crippen LogP contribution in [0, 0.1) is 0 Å². The molecule has 0 radical (unpaired) electrons. The number of aliphatic hydroxyl groups is 1. The van der Waals surface area contributed by atoms with Crippen LogP contribution >= 0.6 is 11.3 Å². The zero-order chi connectivity index (χ0) is 32.6. The first kappa shape index (κ1) is 31.8. The highest BCUT2D eigenvalue weighted by Crippen LogP contribution is 2.42. The maximum absolute atomic E-state index is 13.6. The van der Waals surface area contributed by atoms with Crippen molar-refractivity contribution in [2.24, 2.45) is 5.73 Å². The summed E-state index contributed by atoms with van der Waals surface area (Å²) in [6.07, 6.45) is -1.65. The number of thiazole rings is 1. The van der Waals surface area contributed by atoms with Gasteiger partial charge in [-0.15, -0.1) is 11.3 Å². The van der Waals surface area contributed by atoms with Crippen LogP contribution in [0.4, 0.5) is 29.6 Å². The van der Waals surface area contributed by atoms with E-state index in [9.17, 15) is 37.8 Å². The molecule has 0 spiro atoms. The summed E-state index contributed by atoms with van der Waals surface area (Å²) < 4.78 is 42.1. The minimum absolute atomic E-state index is 0.0224. The molecule has 1 saturated heterocycles. The second kappa shape index (κ2) is 12.4. The number of hydrogen-bond donors (Lipinski definition) is 5. The molecule has 1 aliphatic rings. The van der Waals surface area contributed by atoms with Crippen molar-refractivity contribution >= 4 is 46.0 Å². The summed E-state index contributed by atoms with van der Waals surface area (Å²) in [6, 6.07) is 1.33. The number of amides is 2. The molecule has 2 unspecified atom stereocenters. The molecule has 4 aromatic rings. The van der Waals surface area contributed by atoms with Gasteiger partial charge in [-0.3, -0.25) is 10.1 Å². The fraction of sp³-hybridized carbons (Fsp3) is 0.357. The molecule has 2 amide bonds. The first-order valence-electron chi connectivity index (χ1n) is 13.8. The van der Waals surface area contributed by atoms with E-state index in [0.29, 0.717) is 31.9 Å². The summed E-state index contributed by atoms with van der Waals surface area (Å²) in [5.41, 5.74) is 4.44. The molecule has 5 heterocycles. The maximum Gasteiger partial charge on any atom is 0.434 e. The molecule has 0 bridgehead atoms. The predicted molar refractivity (Wildman–Crippen MR) is 162 cm³/mol. The lowest BCUT2D eigenvalue weighted by molar-refractivity contribution is -0.140. The number of carbonyl (C=O) groups excluding carboxylic acids is 1. The van der Waals surface area contributed by atoms with Crippen LogP contribution < -0.4 is 26.7 Å². The molecule has 4 aromatic heterocycles. The number of carboxylic acids is 1. The van der Waals surface area contributed by atoms with E-state index in [1.54, 1.807) is 13.8 Å². The third kappa shape index (κ3) is 6.31. The zero-order valence-corrected chi connectivity index (χ0v) is 24.9. The van der Waals surface area contributed by atoms with Crippen molar-refractivity contribution in [3.05, 3.63) is 51.4 Å². The minimum atomic E-state index is -4.72. The van der Waals surface area contributed by atoms with Gasteiger partial charge in [0.2, 0.25) is 5.43 Å². The van der Waals surface area contributed by atoms with E-state index < -0.39 is 40.9 Å². The quantitative estimate of drug-likeness (QED) is 0.189. The lowest BCUT2D eigenvalue weighted by Crippen LogP contribution is -2.29. The number of aromatic nitrogens is 4. The number of nitrogens with zero attached hydrogens (tertiary/aromatic N) is 5. The Morgan fingerprint density at radius 2 is 1.98 bits per heavy atom. The van der Waals surface area contributed by atoms with Gasteiger partial charge in [-0.25, -0.2) is 24.5 Å². The van der Waals surface area contributed by atoms with Crippen molar-refractivity contribution in [3.63, 3.8) is 0 Å². The van der Waals surface area contributed by atoms with Crippen molar-refractivity contribution in [1.29, 1.82) is 0 Å². The number of pyridine rings is 3. The number of urea groups is 1. The van der Waals surface area contributed by atoms with Gasteiger partial charge < -0.3 is 30.7 Å². The van der Waals surface area contributed by atoms with E-state index in [1.165, 1.54) is 22.9 Å². The third-order valence-corrected chi connectivity index (χ3v) is 8.15. The number of aromatic carboxylic acids is 1. The second-order valence-corrected chi connectivity index (χ2v) is 11.3. The molecule has 45 heavy (non-hydrogen) atoms. The molecule has 0 aromatic carbocycles. The molecule has 0 aliphatic carbocycles. The molecule has 1 fully saturated rings. The predicted octanol–water partition coefficient (Wildman–Crippen LogP) is 3.53. The Bertz CT molecular complexity index is 1840. The van der Waals surface area contributed by atoms with E-state index in [4.69, 9.17) is 10.7 Å². The van der Waals surface area contributed by atoms with Crippen molar-refractivity contribution in [3.8, 4) is 21.7 Å². The molecule has 0 saturated carbocycles. The highest BCUT2D eigenvalue weighted by molar-refractivity contribution is 7.13. The zero-order valence-electron chi connectivity index (χ0n) is 24.1. The summed E-state index contributed by atoms with van der Waals surface area (Å²) in [5, 5.41) is 25.5. The Morgan fingerprint density at radius 1 is 1.22 bits per heavy atom. The fourth-order valence-electron chi connectivity index (χ4n) is 5.02. The Morgan fingerprint density at radius 3 is 2.58 bits per heavy atom. The van der Waals surface area contributed by atoms with Crippen LogP contribution in [0.25, 0.3) is 32.7 Å². The monoisotopic (exact) mass is 646 g/mol. The molecule has 5 rings (SSSR count). The second-order valence-electron chi connectivity index (χ2n) is 10.5. The van der Waals surface area contributed by atoms with Gasteiger partial charge in [0.25, 0.3) is 0 Å². The van der Waals surface area contributed by atoms with Crippen LogP contribution in [-0.2, 0) is 6.18 Å². The van der Waals surface area contributed by atoms with Crippen molar-refractivity contribution in [2.45, 2.75) is 38.5 Å².